The first-order valence-electron chi connectivity index (χ1n) is 4.13. The van der Waals surface area contributed by atoms with Crippen LogP contribution >= 0.6 is 0 Å². The molecule has 0 aliphatic heterocycles. The second-order valence-corrected chi connectivity index (χ2v) is 2.68. The van der Waals surface area contributed by atoms with Crippen LogP contribution in [0, 0.1) is 0 Å². The lowest BCUT2D eigenvalue weighted by atomic mass is 10.2. The van der Waals surface area contributed by atoms with Crippen molar-refractivity contribution in [2.45, 2.75) is 6.42 Å². The van der Waals surface area contributed by atoms with Crippen LogP contribution in [0.3, 0.4) is 0 Å². The zero-order valence-corrected chi connectivity index (χ0v) is 7.36. The molecular weight excluding hydrogens is 168 g/mol. The third kappa shape index (κ3) is 2.52. The Morgan fingerprint density at radius 1 is 1.31 bits per heavy atom. The van der Waals surface area contributed by atoms with Gasteiger partial charge >= 0.3 is 0 Å². The van der Waals surface area contributed by atoms with Crippen molar-refractivity contribution in [3.8, 4) is 5.75 Å². The fourth-order valence-corrected chi connectivity index (χ4v) is 0.934. The number of aliphatic hydroxyl groups is 1. The second kappa shape index (κ2) is 4.57. The van der Waals surface area contributed by atoms with Gasteiger partial charge < -0.3 is 21.3 Å². The van der Waals surface area contributed by atoms with E-state index < -0.39 is 0 Å². The highest BCUT2D eigenvalue weighted by molar-refractivity contribution is 5.70. The number of nitrogens with two attached hydrogens (primary N) is 2. The van der Waals surface area contributed by atoms with E-state index in [4.69, 9.17) is 21.3 Å². The minimum atomic E-state index is 0.113. The van der Waals surface area contributed by atoms with Crippen molar-refractivity contribution in [3.05, 3.63) is 18.2 Å². The summed E-state index contributed by atoms with van der Waals surface area (Å²) >= 11 is 0. The summed E-state index contributed by atoms with van der Waals surface area (Å²) in [4.78, 5) is 0. The molecule has 1 aromatic rings. The van der Waals surface area contributed by atoms with Crippen LogP contribution in [0.4, 0.5) is 11.4 Å². The highest BCUT2D eigenvalue weighted by atomic mass is 16.5. The van der Waals surface area contributed by atoms with Crippen LogP contribution in [0.15, 0.2) is 18.2 Å². The predicted octanol–water partition coefficient (Wildman–Crippen LogP) is 0.612. The summed E-state index contributed by atoms with van der Waals surface area (Å²) in [5, 5.41) is 8.53. The smallest absolute Gasteiger partial charge is 0.144 e. The highest BCUT2D eigenvalue weighted by Gasteiger charge is 2.01. The number of hydrogen-bond acceptors (Lipinski definition) is 4. The first kappa shape index (κ1) is 9.67. The number of anilines is 2. The Labute approximate surface area is 77.1 Å². The Morgan fingerprint density at radius 3 is 2.77 bits per heavy atom. The van der Waals surface area contributed by atoms with Crippen LogP contribution in [-0.4, -0.2) is 18.3 Å². The molecule has 0 saturated heterocycles. The van der Waals surface area contributed by atoms with Gasteiger partial charge in [0.25, 0.3) is 0 Å². The number of benzene rings is 1. The largest absolute Gasteiger partial charge is 0.491 e. The average molecular weight is 182 g/mol. The SMILES string of the molecule is Nc1cccc(OCCCO)c1N. The lowest BCUT2D eigenvalue weighted by Gasteiger charge is -2.09. The van der Waals surface area contributed by atoms with E-state index >= 15 is 0 Å². The van der Waals surface area contributed by atoms with Crippen molar-refractivity contribution in [1.29, 1.82) is 0 Å². The molecule has 1 rings (SSSR count). The van der Waals surface area contributed by atoms with Gasteiger partial charge in [-0.3, -0.25) is 0 Å². The maximum atomic E-state index is 8.53. The molecule has 0 atom stereocenters. The van der Waals surface area contributed by atoms with E-state index in [1.54, 1.807) is 18.2 Å². The lowest BCUT2D eigenvalue weighted by Crippen LogP contribution is -2.03. The third-order valence-corrected chi connectivity index (χ3v) is 1.66. The predicted molar refractivity (Wildman–Crippen MR) is 52.5 cm³/mol. The number of para-hydroxylation sites is 1. The van der Waals surface area contributed by atoms with Crippen LogP contribution in [0.5, 0.6) is 5.75 Å². The Morgan fingerprint density at radius 2 is 2.08 bits per heavy atom. The molecular formula is C9H14N2O2. The molecule has 0 aliphatic carbocycles. The normalized spacial score (nSPS) is 9.92. The topological polar surface area (TPSA) is 81.5 Å². The molecule has 4 nitrogen and oxygen atoms in total. The van der Waals surface area contributed by atoms with Crippen LogP contribution < -0.4 is 16.2 Å². The number of nitrogen functional groups attached to an aromatic ring is 2. The average Bonchev–Trinajstić information content (AvgIpc) is 2.13. The molecule has 0 aliphatic rings. The van der Waals surface area contributed by atoms with Crippen LogP contribution in [0.2, 0.25) is 0 Å². The molecule has 0 fully saturated rings. The Balaban J connectivity index is 2.61. The summed E-state index contributed by atoms with van der Waals surface area (Å²) < 4.78 is 5.29. The van der Waals surface area contributed by atoms with E-state index in [0.29, 0.717) is 30.2 Å². The molecule has 4 heteroatoms. The summed E-state index contributed by atoms with van der Waals surface area (Å²) in [6, 6.07) is 5.25. The molecule has 72 valence electrons. The van der Waals surface area contributed by atoms with E-state index in [1.165, 1.54) is 0 Å². The van der Waals surface area contributed by atoms with Gasteiger partial charge in [0.15, 0.2) is 0 Å². The van der Waals surface area contributed by atoms with Crippen LogP contribution in [0.25, 0.3) is 0 Å². The number of ether oxygens (including phenoxy) is 1. The van der Waals surface area contributed by atoms with Gasteiger partial charge in [-0.1, -0.05) is 6.07 Å². The molecule has 13 heavy (non-hydrogen) atoms. The molecule has 1 aromatic carbocycles. The van der Waals surface area contributed by atoms with Crippen LogP contribution in [0.1, 0.15) is 6.42 Å². The first-order valence-corrected chi connectivity index (χ1v) is 4.13. The molecule has 0 amide bonds. The van der Waals surface area contributed by atoms with E-state index in [1.807, 2.05) is 0 Å². The van der Waals surface area contributed by atoms with Crippen molar-refractivity contribution in [2.24, 2.45) is 0 Å². The van der Waals surface area contributed by atoms with Crippen molar-refractivity contribution in [2.75, 3.05) is 24.7 Å². The standard InChI is InChI=1S/C9H14N2O2/c10-7-3-1-4-8(9(7)11)13-6-2-5-12/h1,3-4,12H,2,5-6,10-11H2. The number of rotatable bonds is 4. The van der Waals surface area contributed by atoms with Gasteiger partial charge in [0.05, 0.1) is 18.0 Å². The molecule has 0 heterocycles. The lowest BCUT2D eigenvalue weighted by molar-refractivity contribution is 0.234. The molecule has 0 saturated carbocycles. The monoisotopic (exact) mass is 182 g/mol. The van der Waals surface area contributed by atoms with E-state index in [-0.39, 0.29) is 6.61 Å². The van der Waals surface area contributed by atoms with Crippen molar-refractivity contribution in [3.63, 3.8) is 0 Å². The first-order chi connectivity index (χ1) is 6.25. The Bertz CT molecular complexity index is 276. The van der Waals surface area contributed by atoms with Gasteiger partial charge in [0.2, 0.25) is 0 Å². The van der Waals surface area contributed by atoms with Crippen molar-refractivity contribution >= 4 is 11.4 Å². The maximum absolute atomic E-state index is 8.53. The zero-order chi connectivity index (χ0) is 9.68. The van der Waals surface area contributed by atoms with Gasteiger partial charge in [-0.2, -0.15) is 0 Å². The minimum absolute atomic E-state index is 0.113. The van der Waals surface area contributed by atoms with Crippen molar-refractivity contribution < 1.29 is 9.84 Å². The fraction of sp³-hybridized carbons (Fsp3) is 0.333. The Hall–Kier alpha value is -1.42. The van der Waals surface area contributed by atoms with Gasteiger partial charge in [-0.15, -0.1) is 0 Å². The molecule has 0 bridgehead atoms. The summed E-state index contributed by atoms with van der Waals surface area (Å²) in [6.45, 7) is 0.562. The Kier molecular flexibility index (Phi) is 3.40. The van der Waals surface area contributed by atoms with Gasteiger partial charge in [0, 0.05) is 13.0 Å². The number of aliphatic hydroxyl groups excluding tert-OH is 1. The molecule has 5 N–H and O–H groups in total. The van der Waals surface area contributed by atoms with E-state index in [0.717, 1.165) is 0 Å². The molecule has 0 radical (unpaired) electrons. The quantitative estimate of drug-likeness (QED) is 0.470. The molecule has 0 spiro atoms. The van der Waals surface area contributed by atoms with Gasteiger partial charge in [-0.25, -0.2) is 0 Å². The van der Waals surface area contributed by atoms with Gasteiger partial charge in [-0.05, 0) is 12.1 Å². The maximum Gasteiger partial charge on any atom is 0.144 e. The second-order valence-electron chi connectivity index (χ2n) is 2.68. The van der Waals surface area contributed by atoms with Crippen LogP contribution in [-0.2, 0) is 0 Å². The fourth-order valence-electron chi connectivity index (χ4n) is 0.934. The summed E-state index contributed by atoms with van der Waals surface area (Å²) in [5.41, 5.74) is 12.2. The summed E-state index contributed by atoms with van der Waals surface area (Å²) in [7, 11) is 0. The minimum Gasteiger partial charge on any atom is -0.491 e. The van der Waals surface area contributed by atoms with Crippen molar-refractivity contribution in [1.82, 2.24) is 0 Å². The van der Waals surface area contributed by atoms with E-state index in [9.17, 15) is 0 Å². The van der Waals surface area contributed by atoms with E-state index in [2.05, 4.69) is 0 Å². The zero-order valence-electron chi connectivity index (χ0n) is 7.36. The summed E-state index contributed by atoms with van der Waals surface area (Å²) in [6.07, 6.45) is 0.592. The molecule has 0 unspecified atom stereocenters. The third-order valence-electron chi connectivity index (χ3n) is 1.66. The highest BCUT2D eigenvalue weighted by Crippen LogP contribution is 2.26. The number of hydrogen-bond donors (Lipinski definition) is 3. The van der Waals surface area contributed by atoms with Gasteiger partial charge in [0.1, 0.15) is 5.75 Å². The summed E-state index contributed by atoms with van der Waals surface area (Å²) in [5.74, 6) is 0.577. The molecule has 0 aromatic heterocycles.